The summed E-state index contributed by atoms with van der Waals surface area (Å²) in [6.45, 7) is 2.02. The molecule has 3 heterocycles. The molecular weight excluding hydrogens is 384 g/mol. The lowest BCUT2D eigenvalue weighted by molar-refractivity contribution is 0.0696. The number of benzene rings is 1. The molecule has 3 aromatic heterocycles. The molecule has 0 radical (unpaired) electrons. The van der Waals surface area contributed by atoms with Crippen molar-refractivity contribution in [2.75, 3.05) is 5.32 Å². The number of rotatable bonds is 6. The minimum absolute atomic E-state index is 0.141. The smallest absolute Gasteiger partial charge is 0.335 e. The molecule has 0 aliphatic heterocycles. The van der Waals surface area contributed by atoms with E-state index >= 15 is 0 Å². The Balaban J connectivity index is 1.77. The molecule has 0 aliphatic rings. The fraction of sp³-hybridized carbons (Fsp3) is 0.136. The van der Waals surface area contributed by atoms with Gasteiger partial charge in [-0.1, -0.05) is 18.5 Å². The van der Waals surface area contributed by atoms with Crippen molar-refractivity contribution in [1.29, 1.82) is 0 Å². The van der Waals surface area contributed by atoms with Crippen LogP contribution in [0.2, 0.25) is 0 Å². The Morgan fingerprint density at radius 2 is 1.97 bits per heavy atom. The number of aromatic carboxylic acids is 1. The van der Waals surface area contributed by atoms with Crippen LogP contribution in [0.1, 0.15) is 39.8 Å². The summed E-state index contributed by atoms with van der Waals surface area (Å²) < 4.78 is 5.42. The number of pyridine rings is 2. The molecule has 0 saturated carbocycles. The second kappa shape index (κ2) is 8.12. The number of carboxylic acids is 1. The van der Waals surface area contributed by atoms with E-state index in [1.807, 2.05) is 13.0 Å². The van der Waals surface area contributed by atoms with Gasteiger partial charge in [-0.15, -0.1) is 0 Å². The normalized spacial score (nSPS) is 10.8. The zero-order chi connectivity index (χ0) is 21.1. The molecule has 0 saturated heterocycles. The molecule has 4 rings (SSSR count). The van der Waals surface area contributed by atoms with E-state index in [9.17, 15) is 9.59 Å². The molecule has 1 amide bonds. The fourth-order valence-corrected chi connectivity index (χ4v) is 3.15. The lowest BCUT2D eigenvalue weighted by Crippen LogP contribution is -2.13. The van der Waals surface area contributed by atoms with E-state index in [1.54, 1.807) is 36.7 Å². The van der Waals surface area contributed by atoms with Crippen LogP contribution in [0.15, 0.2) is 59.4 Å². The van der Waals surface area contributed by atoms with E-state index in [0.29, 0.717) is 34.4 Å². The third-order valence-corrected chi connectivity index (χ3v) is 4.60. The van der Waals surface area contributed by atoms with Gasteiger partial charge in [0.05, 0.1) is 27.9 Å². The predicted octanol–water partition coefficient (Wildman–Crippen LogP) is 4.19. The van der Waals surface area contributed by atoms with Gasteiger partial charge in [0.2, 0.25) is 0 Å². The lowest BCUT2D eigenvalue weighted by atomic mass is 10.0. The molecule has 0 fully saturated rings. The molecule has 8 heteroatoms. The molecule has 30 heavy (non-hydrogen) atoms. The maximum atomic E-state index is 13.1. The number of fused-ring (bicyclic) bond motifs is 1. The molecule has 0 spiro atoms. The highest BCUT2D eigenvalue weighted by atomic mass is 16.5. The van der Waals surface area contributed by atoms with Gasteiger partial charge in [0.15, 0.2) is 0 Å². The minimum Gasteiger partial charge on any atom is -0.478 e. The highest BCUT2D eigenvalue weighted by Crippen LogP contribution is 2.28. The van der Waals surface area contributed by atoms with Crippen molar-refractivity contribution in [3.63, 3.8) is 0 Å². The second-order valence-electron chi connectivity index (χ2n) is 6.69. The van der Waals surface area contributed by atoms with Crippen LogP contribution in [0.5, 0.6) is 0 Å². The van der Waals surface area contributed by atoms with Crippen LogP contribution in [0.25, 0.3) is 22.4 Å². The third kappa shape index (κ3) is 3.75. The molecule has 0 aliphatic carbocycles. The predicted molar refractivity (Wildman–Crippen MR) is 110 cm³/mol. The SMILES string of the molecule is CCCc1noc2nc(-c3cccnc3)cc(C(=O)Nc3ccc(C(=O)O)cc3)c12. The van der Waals surface area contributed by atoms with Gasteiger partial charge in [0.25, 0.3) is 11.6 Å². The average molecular weight is 402 g/mol. The summed E-state index contributed by atoms with van der Waals surface area (Å²) in [5, 5.41) is 16.5. The van der Waals surface area contributed by atoms with E-state index in [4.69, 9.17) is 9.63 Å². The number of nitrogens with one attached hydrogen (secondary N) is 1. The molecule has 1 aromatic carbocycles. The van der Waals surface area contributed by atoms with Gasteiger partial charge in [-0.2, -0.15) is 0 Å². The summed E-state index contributed by atoms with van der Waals surface area (Å²) in [4.78, 5) is 32.8. The van der Waals surface area contributed by atoms with Gasteiger partial charge in [0, 0.05) is 23.6 Å². The Morgan fingerprint density at radius 1 is 1.17 bits per heavy atom. The van der Waals surface area contributed by atoms with Crippen molar-refractivity contribution < 1.29 is 19.2 Å². The average Bonchev–Trinajstić information content (AvgIpc) is 3.17. The number of carbonyl (C=O) groups is 2. The van der Waals surface area contributed by atoms with Crippen molar-refractivity contribution in [3.05, 3.63) is 71.7 Å². The first kappa shape index (κ1) is 19.3. The summed E-state index contributed by atoms with van der Waals surface area (Å²) in [6.07, 6.45) is 4.80. The zero-order valence-electron chi connectivity index (χ0n) is 16.1. The van der Waals surface area contributed by atoms with E-state index in [1.165, 1.54) is 12.1 Å². The summed E-state index contributed by atoms with van der Waals surface area (Å²) in [5.74, 6) is -1.39. The Hall–Kier alpha value is -4.07. The van der Waals surface area contributed by atoms with E-state index in [0.717, 1.165) is 12.0 Å². The number of carboxylic acid groups (broad SMARTS) is 1. The van der Waals surface area contributed by atoms with Gasteiger partial charge in [-0.05, 0) is 48.9 Å². The number of aryl methyl sites for hydroxylation is 1. The molecule has 4 aromatic rings. The van der Waals surface area contributed by atoms with Gasteiger partial charge in [0.1, 0.15) is 0 Å². The lowest BCUT2D eigenvalue weighted by Gasteiger charge is -2.09. The van der Waals surface area contributed by atoms with Crippen LogP contribution in [0, 0.1) is 0 Å². The molecule has 2 N–H and O–H groups in total. The number of hydrogen-bond acceptors (Lipinski definition) is 6. The van der Waals surface area contributed by atoms with Crippen molar-refractivity contribution in [1.82, 2.24) is 15.1 Å². The number of hydrogen-bond donors (Lipinski definition) is 2. The Labute approximate surface area is 171 Å². The van der Waals surface area contributed by atoms with Crippen LogP contribution in [-0.2, 0) is 6.42 Å². The van der Waals surface area contributed by atoms with Crippen LogP contribution in [0.3, 0.4) is 0 Å². The minimum atomic E-state index is -1.03. The maximum Gasteiger partial charge on any atom is 0.335 e. The van der Waals surface area contributed by atoms with E-state index < -0.39 is 5.97 Å². The topological polar surface area (TPSA) is 118 Å². The van der Waals surface area contributed by atoms with Crippen LogP contribution >= 0.6 is 0 Å². The zero-order valence-corrected chi connectivity index (χ0v) is 16.1. The summed E-state index contributed by atoms with van der Waals surface area (Å²) in [5.41, 5.74) is 3.24. The summed E-state index contributed by atoms with van der Waals surface area (Å²) in [6, 6.07) is 11.3. The number of anilines is 1. The number of carbonyl (C=O) groups excluding carboxylic acids is 1. The fourth-order valence-electron chi connectivity index (χ4n) is 3.15. The van der Waals surface area contributed by atoms with Gasteiger partial charge < -0.3 is 14.9 Å². The molecule has 0 atom stereocenters. The van der Waals surface area contributed by atoms with E-state index in [-0.39, 0.29) is 17.2 Å². The largest absolute Gasteiger partial charge is 0.478 e. The molecule has 150 valence electrons. The molecule has 0 unspecified atom stereocenters. The summed E-state index contributed by atoms with van der Waals surface area (Å²) >= 11 is 0. The molecule has 8 nitrogen and oxygen atoms in total. The first-order valence-electron chi connectivity index (χ1n) is 9.41. The molecule has 0 bridgehead atoms. The molecular formula is C22H18N4O4. The summed E-state index contributed by atoms with van der Waals surface area (Å²) in [7, 11) is 0. The first-order chi connectivity index (χ1) is 14.6. The van der Waals surface area contributed by atoms with Gasteiger partial charge in [-0.25, -0.2) is 9.78 Å². The highest BCUT2D eigenvalue weighted by Gasteiger charge is 2.21. The Morgan fingerprint density at radius 3 is 2.63 bits per heavy atom. The van der Waals surface area contributed by atoms with Crippen molar-refractivity contribution in [3.8, 4) is 11.3 Å². The second-order valence-corrected chi connectivity index (χ2v) is 6.69. The number of aromatic nitrogens is 3. The maximum absolute atomic E-state index is 13.1. The van der Waals surface area contributed by atoms with Crippen LogP contribution in [-0.4, -0.2) is 32.1 Å². The van der Waals surface area contributed by atoms with Crippen LogP contribution < -0.4 is 5.32 Å². The van der Waals surface area contributed by atoms with Crippen LogP contribution in [0.4, 0.5) is 5.69 Å². The standard InChI is InChI=1S/C22H18N4O4/c1-2-4-17-19-16(20(27)24-15-8-6-13(7-9-15)22(28)29)11-18(25-21(19)30-26-17)14-5-3-10-23-12-14/h3,5-12H,2,4H2,1H3,(H,24,27)(H,28,29). The Bertz CT molecular complexity index is 1220. The van der Waals surface area contributed by atoms with Crippen molar-refractivity contribution in [2.45, 2.75) is 19.8 Å². The highest BCUT2D eigenvalue weighted by molar-refractivity contribution is 6.13. The van der Waals surface area contributed by atoms with Gasteiger partial charge in [-0.3, -0.25) is 9.78 Å². The quantitative estimate of drug-likeness (QED) is 0.496. The van der Waals surface area contributed by atoms with Crippen molar-refractivity contribution >= 4 is 28.7 Å². The van der Waals surface area contributed by atoms with E-state index in [2.05, 4.69) is 20.4 Å². The monoisotopic (exact) mass is 402 g/mol. The number of nitrogens with zero attached hydrogens (tertiary/aromatic N) is 3. The first-order valence-corrected chi connectivity index (χ1v) is 9.41. The third-order valence-electron chi connectivity index (χ3n) is 4.60. The van der Waals surface area contributed by atoms with Gasteiger partial charge >= 0.3 is 5.97 Å². The number of amides is 1. The van der Waals surface area contributed by atoms with Crippen molar-refractivity contribution in [2.24, 2.45) is 0 Å². The Kier molecular flexibility index (Phi) is 5.21.